The highest BCUT2D eigenvalue weighted by molar-refractivity contribution is 6.51. The number of nitrogens with one attached hydrogen (secondary N) is 1. The van der Waals surface area contributed by atoms with E-state index in [1.54, 1.807) is 47.3 Å². The maximum atomic E-state index is 14.0. The van der Waals surface area contributed by atoms with Crippen molar-refractivity contribution in [3.63, 3.8) is 0 Å². The van der Waals surface area contributed by atoms with Gasteiger partial charge in [-0.1, -0.05) is 23.7 Å². The van der Waals surface area contributed by atoms with Crippen molar-refractivity contribution in [3.05, 3.63) is 94.4 Å². The number of hydrogen-bond acceptors (Lipinski definition) is 5. The number of carbonyl (C=O) groups is 1. The van der Waals surface area contributed by atoms with Crippen LogP contribution in [0.1, 0.15) is 38.3 Å². The van der Waals surface area contributed by atoms with Crippen molar-refractivity contribution in [2.75, 3.05) is 38.5 Å². The van der Waals surface area contributed by atoms with E-state index in [4.69, 9.17) is 11.6 Å². The number of hydrogen-bond donors (Lipinski definition) is 1. The first-order chi connectivity index (χ1) is 19.1. The summed E-state index contributed by atoms with van der Waals surface area (Å²) in [4.78, 5) is 21.5. The number of alkyl halides is 3. The number of aryl methyl sites for hydroxylation is 1. The van der Waals surface area contributed by atoms with E-state index >= 15 is 0 Å². The molecule has 208 valence electrons. The van der Waals surface area contributed by atoms with Gasteiger partial charge in [0.1, 0.15) is 0 Å². The molecule has 1 aliphatic rings. The van der Waals surface area contributed by atoms with Crippen LogP contribution in [0.3, 0.4) is 0 Å². The Balaban J connectivity index is 1.36. The molecule has 0 aliphatic carbocycles. The first-order valence-corrected chi connectivity index (χ1v) is 13.2. The van der Waals surface area contributed by atoms with Crippen LogP contribution in [0, 0.1) is 6.92 Å². The van der Waals surface area contributed by atoms with E-state index in [1.807, 2.05) is 24.9 Å². The highest BCUT2D eigenvalue weighted by Gasteiger charge is 2.34. The summed E-state index contributed by atoms with van der Waals surface area (Å²) < 4.78 is 43.6. The Morgan fingerprint density at radius 3 is 2.62 bits per heavy atom. The topological polar surface area (TPSA) is 65.8 Å². The molecule has 0 bridgehead atoms. The van der Waals surface area contributed by atoms with Crippen molar-refractivity contribution in [1.29, 1.82) is 0 Å². The summed E-state index contributed by atoms with van der Waals surface area (Å²) in [6, 6.07) is 12.5. The highest BCUT2D eigenvalue weighted by Crippen LogP contribution is 2.35. The molecule has 40 heavy (non-hydrogen) atoms. The van der Waals surface area contributed by atoms with Crippen LogP contribution in [0.2, 0.25) is 0 Å². The van der Waals surface area contributed by atoms with Gasteiger partial charge in [-0.25, -0.2) is 9.50 Å². The number of aromatic nitrogens is 3. The molecule has 0 spiro atoms. The standard InChI is InChI=1S/C29H28ClF3N6O/c1-19-5-6-20(14-24(19)26(30)16-23-17-34-27-4-3-9-35-39(23)27)28(40)36-22-8-7-21(25(15-22)29(31,32)33)18-38-12-10-37(2)11-13-38/h3-9,14-17H,10-13,18H2,1-2H3,(H,36,40)/b26-16+. The molecule has 0 atom stereocenters. The van der Waals surface area contributed by atoms with Crippen molar-refractivity contribution in [1.82, 2.24) is 24.4 Å². The summed E-state index contributed by atoms with van der Waals surface area (Å²) in [6.07, 6.45) is 0.430. The van der Waals surface area contributed by atoms with E-state index < -0.39 is 17.6 Å². The van der Waals surface area contributed by atoms with Gasteiger partial charge in [0.05, 0.1) is 22.5 Å². The molecular formula is C29H28ClF3N6O. The van der Waals surface area contributed by atoms with E-state index in [0.717, 1.165) is 24.7 Å². The van der Waals surface area contributed by atoms with Crippen LogP contribution in [0.5, 0.6) is 0 Å². The lowest BCUT2D eigenvalue weighted by Crippen LogP contribution is -2.44. The molecule has 0 unspecified atom stereocenters. The summed E-state index contributed by atoms with van der Waals surface area (Å²) in [7, 11) is 2.00. The zero-order valence-electron chi connectivity index (χ0n) is 22.0. The number of imidazole rings is 1. The molecule has 5 rings (SSSR count). The average Bonchev–Trinajstić information content (AvgIpc) is 3.33. The third-order valence-electron chi connectivity index (χ3n) is 7.00. The summed E-state index contributed by atoms with van der Waals surface area (Å²) in [6.45, 7) is 5.08. The second-order valence-corrected chi connectivity index (χ2v) is 10.3. The van der Waals surface area contributed by atoms with Gasteiger partial charge in [-0.15, -0.1) is 0 Å². The Kier molecular flexibility index (Phi) is 7.93. The molecule has 1 amide bonds. The van der Waals surface area contributed by atoms with Crippen LogP contribution < -0.4 is 5.32 Å². The Bertz CT molecular complexity index is 1570. The van der Waals surface area contributed by atoms with Crippen molar-refractivity contribution in [2.45, 2.75) is 19.6 Å². The van der Waals surface area contributed by atoms with Crippen molar-refractivity contribution in [3.8, 4) is 0 Å². The van der Waals surface area contributed by atoms with Gasteiger partial charge in [-0.2, -0.15) is 18.3 Å². The minimum Gasteiger partial charge on any atom is -0.322 e. The molecule has 2 aromatic heterocycles. The molecule has 2 aromatic carbocycles. The van der Waals surface area contributed by atoms with E-state index in [1.165, 1.54) is 12.1 Å². The Morgan fingerprint density at radius 2 is 1.88 bits per heavy atom. The number of amides is 1. The maximum absolute atomic E-state index is 14.0. The minimum atomic E-state index is -4.55. The monoisotopic (exact) mass is 568 g/mol. The minimum absolute atomic E-state index is 0.0695. The molecule has 7 nitrogen and oxygen atoms in total. The van der Waals surface area contributed by atoms with Gasteiger partial charge in [0, 0.05) is 50.2 Å². The molecule has 11 heteroatoms. The van der Waals surface area contributed by atoms with Crippen molar-refractivity contribution >= 4 is 40.0 Å². The second kappa shape index (κ2) is 11.4. The van der Waals surface area contributed by atoms with E-state index in [9.17, 15) is 18.0 Å². The fourth-order valence-electron chi connectivity index (χ4n) is 4.68. The zero-order chi connectivity index (χ0) is 28.4. The van der Waals surface area contributed by atoms with Crippen LogP contribution in [0.15, 0.2) is 60.9 Å². The number of fused-ring (bicyclic) bond motifs is 1. The number of halogens is 4. The Hall–Kier alpha value is -3.73. The molecule has 4 aromatic rings. The molecule has 0 radical (unpaired) electrons. The van der Waals surface area contributed by atoms with Gasteiger partial charge in [-0.3, -0.25) is 9.69 Å². The molecule has 0 saturated carbocycles. The fraction of sp³-hybridized carbons (Fsp3) is 0.276. The van der Waals surface area contributed by atoms with Gasteiger partial charge in [-0.05, 0) is 73.1 Å². The molecule has 1 aliphatic heterocycles. The maximum Gasteiger partial charge on any atom is 0.416 e. The van der Waals surface area contributed by atoms with Gasteiger partial charge in [0.25, 0.3) is 5.91 Å². The number of rotatable bonds is 6. The van der Waals surface area contributed by atoms with Crippen LogP contribution in [0.25, 0.3) is 16.8 Å². The molecular weight excluding hydrogens is 541 g/mol. The van der Waals surface area contributed by atoms with Gasteiger partial charge >= 0.3 is 6.18 Å². The molecule has 1 N–H and O–H groups in total. The normalized spacial score (nSPS) is 15.5. The fourth-order valence-corrected chi connectivity index (χ4v) is 5.00. The lowest BCUT2D eigenvalue weighted by atomic mass is 10.0. The number of carbonyl (C=O) groups excluding carboxylic acids is 1. The number of nitrogens with zero attached hydrogens (tertiary/aromatic N) is 5. The number of anilines is 1. The summed E-state index contributed by atoms with van der Waals surface area (Å²) >= 11 is 6.65. The predicted molar refractivity (Wildman–Crippen MR) is 150 cm³/mol. The summed E-state index contributed by atoms with van der Waals surface area (Å²) in [5, 5.41) is 7.26. The van der Waals surface area contributed by atoms with Crippen molar-refractivity contribution < 1.29 is 18.0 Å². The van der Waals surface area contributed by atoms with Gasteiger partial charge < -0.3 is 10.2 Å². The largest absolute Gasteiger partial charge is 0.416 e. The SMILES string of the molecule is Cc1ccc(C(=O)Nc2ccc(CN3CCN(C)CC3)c(C(F)(F)F)c2)cc1/C(Cl)=C\c1cnc2cccnn12. The lowest BCUT2D eigenvalue weighted by molar-refractivity contribution is -0.138. The van der Waals surface area contributed by atoms with Gasteiger partial charge in [0.2, 0.25) is 0 Å². The smallest absolute Gasteiger partial charge is 0.322 e. The highest BCUT2D eigenvalue weighted by atomic mass is 35.5. The van der Waals surface area contributed by atoms with Crippen LogP contribution in [-0.4, -0.2) is 63.5 Å². The van der Waals surface area contributed by atoms with Crippen molar-refractivity contribution in [2.24, 2.45) is 0 Å². The summed E-state index contributed by atoms with van der Waals surface area (Å²) in [5.41, 5.74) is 2.53. The van der Waals surface area contributed by atoms with E-state index in [0.29, 0.717) is 35.0 Å². The Morgan fingerprint density at radius 1 is 1.10 bits per heavy atom. The molecule has 1 saturated heterocycles. The Labute approximate surface area is 234 Å². The third kappa shape index (κ3) is 6.19. The number of benzene rings is 2. The van der Waals surface area contributed by atoms with Crippen LogP contribution in [-0.2, 0) is 12.7 Å². The van der Waals surface area contributed by atoms with E-state index in [-0.39, 0.29) is 23.4 Å². The quantitative estimate of drug-likeness (QED) is 0.319. The first-order valence-electron chi connectivity index (χ1n) is 12.8. The summed E-state index contributed by atoms with van der Waals surface area (Å²) in [5.74, 6) is -0.540. The van der Waals surface area contributed by atoms with Crippen LogP contribution >= 0.6 is 11.6 Å². The lowest BCUT2D eigenvalue weighted by Gasteiger charge is -2.33. The second-order valence-electron chi connectivity index (χ2n) is 9.90. The molecule has 1 fully saturated rings. The van der Waals surface area contributed by atoms with E-state index in [2.05, 4.69) is 20.3 Å². The number of likely N-dealkylation sites (N-methyl/N-ethyl adjacent to an activating group) is 1. The predicted octanol–water partition coefficient (Wildman–Crippen LogP) is 5.79. The number of piperazine rings is 1. The molecule has 3 heterocycles. The first kappa shape index (κ1) is 27.8. The van der Waals surface area contributed by atoms with Gasteiger partial charge in [0.15, 0.2) is 5.65 Å². The average molecular weight is 569 g/mol. The third-order valence-corrected chi connectivity index (χ3v) is 7.31. The van der Waals surface area contributed by atoms with Crippen LogP contribution in [0.4, 0.5) is 18.9 Å². The zero-order valence-corrected chi connectivity index (χ0v) is 22.8.